The van der Waals surface area contributed by atoms with Gasteiger partial charge in [0, 0.05) is 11.3 Å². The standard InChI is InChI=1S/C24H18N2O4/c1-29-21-13-9-18(10-14-21)23(27)19(16-25)15-17-7-11-22(12-8-17)30-24(28)26-20-5-3-2-4-6-20/h2-15H,1H3,(H,26,28)/b19-15+. The number of carbonyl (C=O) groups is 2. The van der Waals surface area contributed by atoms with Crippen molar-refractivity contribution >= 4 is 23.6 Å². The van der Waals surface area contributed by atoms with E-state index in [9.17, 15) is 14.9 Å². The molecule has 3 rings (SSSR count). The van der Waals surface area contributed by atoms with Crippen molar-refractivity contribution in [1.29, 1.82) is 5.26 Å². The van der Waals surface area contributed by atoms with E-state index in [0.29, 0.717) is 28.3 Å². The first kappa shape index (κ1) is 20.4. The number of benzene rings is 3. The summed E-state index contributed by atoms with van der Waals surface area (Å²) in [5.41, 5.74) is 1.64. The van der Waals surface area contributed by atoms with Crippen LogP contribution in [0, 0.1) is 11.3 Å². The van der Waals surface area contributed by atoms with Crippen LogP contribution in [0.2, 0.25) is 0 Å². The topological polar surface area (TPSA) is 88.4 Å². The molecule has 0 bridgehead atoms. The molecule has 0 spiro atoms. The van der Waals surface area contributed by atoms with E-state index in [2.05, 4.69) is 5.32 Å². The zero-order valence-corrected chi connectivity index (χ0v) is 16.2. The number of hydrogen-bond donors (Lipinski definition) is 1. The molecule has 0 unspecified atom stereocenters. The highest BCUT2D eigenvalue weighted by Gasteiger charge is 2.12. The van der Waals surface area contributed by atoms with Crippen molar-refractivity contribution in [1.82, 2.24) is 0 Å². The van der Waals surface area contributed by atoms with E-state index in [-0.39, 0.29) is 11.4 Å². The Morgan fingerprint density at radius 3 is 2.13 bits per heavy atom. The van der Waals surface area contributed by atoms with E-state index in [1.54, 1.807) is 72.8 Å². The second kappa shape index (κ2) is 9.71. The van der Waals surface area contributed by atoms with Gasteiger partial charge in [-0.2, -0.15) is 5.26 Å². The highest BCUT2D eigenvalue weighted by Crippen LogP contribution is 2.19. The summed E-state index contributed by atoms with van der Waals surface area (Å²) in [6, 6.07) is 23.9. The van der Waals surface area contributed by atoms with E-state index in [1.165, 1.54) is 13.2 Å². The van der Waals surface area contributed by atoms with Gasteiger partial charge in [0.1, 0.15) is 23.1 Å². The van der Waals surface area contributed by atoms with Crippen LogP contribution in [0.15, 0.2) is 84.4 Å². The molecule has 0 aliphatic heterocycles. The number of para-hydroxylation sites is 1. The number of nitrogens with zero attached hydrogens (tertiary/aromatic N) is 1. The van der Waals surface area contributed by atoms with Gasteiger partial charge in [-0.25, -0.2) is 4.79 Å². The van der Waals surface area contributed by atoms with Crippen LogP contribution < -0.4 is 14.8 Å². The number of anilines is 1. The smallest absolute Gasteiger partial charge is 0.417 e. The van der Waals surface area contributed by atoms with E-state index in [1.807, 2.05) is 12.1 Å². The summed E-state index contributed by atoms with van der Waals surface area (Å²) < 4.78 is 10.3. The lowest BCUT2D eigenvalue weighted by molar-refractivity contribution is 0.104. The Hall–Kier alpha value is -4.37. The number of allylic oxidation sites excluding steroid dienone is 1. The number of rotatable bonds is 6. The summed E-state index contributed by atoms with van der Waals surface area (Å²) in [6.07, 6.45) is 0.873. The van der Waals surface area contributed by atoms with Crippen molar-refractivity contribution in [2.45, 2.75) is 0 Å². The molecule has 0 fully saturated rings. The zero-order valence-electron chi connectivity index (χ0n) is 16.2. The van der Waals surface area contributed by atoms with Crippen LogP contribution in [0.3, 0.4) is 0 Å². The Bertz CT molecular complexity index is 1100. The molecule has 0 aromatic heterocycles. The molecule has 3 aromatic rings. The number of Topliss-reactive ketones (excluding diaryl/α,β-unsaturated/α-hetero) is 1. The summed E-state index contributed by atoms with van der Waals surface area (Å²) in [6.45, 7) is 0. The SMILES string of the molecule is COc1ccc(C(=O)/C(C#N)=C/c2ccc(OC(=O)Nc3ccccc3)cc2)cc1. The minimum atomic E-state index is -0.614. The highest BCUT2D eigenvalue weighted by molar-refractivity contribution is 6.14. The van der Waals surface area contributed by atoms with Crippen LogP contribution in [0.4, 0.5) is 10.5 Å². The molecule has 1 N–H and O–H groups in total. The van der Waals surface area contributed by atoms with Gasteiger partial charge in [-0.3, -0.25) is 10.1 Å². The summed E-state index contributed by atoms with van der Waals surface area (Å²) in [5, 5.41) is 12.0. The minimum absolute atomic E-state index is 0.00402. The number of nitrogens with one attached hydrogen (secondary N) is 1. The van der Waals surface area contributed by atoms with Crippen molar-refractivity contribution in [3.05, 3.63) is 95.6 Å². The number of ketones is 1. The number of methoxy groups -OCH3 is 1. The van der Waals surface area contributed by atoms with Gasteiger partial charge in [0.25, 0.3) is 0 Å². The van der Waals surface area contributed by atoms with Crippen LogP contribution in [0.5, 0.6) is 11.5 Å². The van der Waals surface area contributed by atoms with Crippen molar-refractivity contribution in [3.8, 4) is 17.6 Å². The fourth-order valence-electron chi connectivity index (χ4n) is 2.62. The van der Waals surface area contributed by atoms with Gasteiger partial charge in [0.15, 0.2) is 0 Å². The first-order valence-electron chi connectivity index (χ1n) is 9.03. The maximum absolute atomic E-state index is 12.6. The van der Waals surface area contributed by atoms with Gasteiger partial charge >= 0.3 is 6.09 Å². The van der Waals surface area contributed by atoms with Crippen molar-refractivity contribution in [2.75, 3.05) is 12.4 Å². The van der Waals surface area contributed by atoms with Gasteiger partial charge < -0.3 is 9.47 Å². The van der Waals surface area contributed by atoms with Gasteiger partial charge in [-0.15, -0.1) is 0 Å². The van der Waals surface area contributed by atoms with Crippen LogP contribution in [0.1, 0.15) is 15.9 Å². The molecule has 6 nitrogen and oxygen atoms in total. The molecule has 3 aromatic carbocycles. The fourth-order valence-corrected chi connectivity index (χ4v) is 2.62. The average molecular weight is 398 g/mol. The van der Waals surface area contributed by atoms with E-state index in [0.717, 1.165) is 0 Å². The summed E-state index contributed by atoms with van der Waals surface area (Å²) in [7, 11) is 1.54. The average Bonchev–Trinajstić information content (AvgIpc) is 2.79. The number of nitriles is 1. The molecule has 148 valence electrons. The molecular formula is C24H18N2O4. The molecule has 0 aliphatic rings. The first-order valence-corrected chi connectivity index (χ1v) is 9.03. The number of hydrogen-bond acceptors (Lipinski definition) is 5. The molecule has 0 atom stereocenters. The monoisotopic (exact) mass is 398 g/mol. The Morgan fingerprint density at radius 1 is 0.900 bits per heavy atom. The molecule has 0 radical (unpaired) electrons. The Kier molecular flexibility index (Phi) is 6.59. The van der Waals surface area contributed by atoms with Crippen LogP contribution in [0.25, 0.3) is 6.08 Å². The molecule has 30 heavy (non-hydrogen) atoms. The maximum Gasteiger partial charge on any atom is 0.417 e. The van der Waals surface area contributed by atoms with Gasteiger partial charge in [-0.05, 0) is 60.2 Å². The largest absolute Gasteiger partial charge is 0.497 e. The molecular weight excluding hydrogens is 380 g/mol. The Labute approximate surface area is 174 Å². The normalized spacial score (nSPS) is 10.6. The van der Waals surface area contributed by atoms with Crippen LogP contribution in [-0.4, -0.2) is 19.0 Å². The number of carbonyl (C=O) groups excluding carboxylic acids is 2. The molecule has 0 aliphatic carbocycles. The number of amides is 1. The van der Waals surface area contributed by atoms with E-state index >= 15 is 0 Å². The third-order valence-corrected chi connectivity index (χ3v) is 4.14. The van der Waals surface area contributed by atoms with Gasteiger partial charge in [0.05, 0.1) is 7.11 Å². The van der Waals surface area contributed by atoms with Gasteiger partial charge in [0.2, 0.25) is 5.78 Å². The summed E-state index contributed by atoms with van der Waals surface area (Å²) >= 11 is 0. The van der Waals surface area contributed by atoms with Crippen LogP contribution >= 0.6 is 0 Å². The Morgan fingerprint density at radius 2 is 1.53 bits per heavy atom. The quantitative estimate of drug-likeness (QED) is 0.355. The predicted molar refractivity (Wildman–Crippen MR) is 113 cm³/mol. The van der Waals surface area contributed by atoms with E-state index < -0.39 is 6.09 Å². The lowest BCUT2D eigenvalue weighted by Crippen LogP contribution is -2.16. The lowest BCUT2D eigenvalue weighted by Gasteiger charge is -2.07. The van der Waals surface area contributed by atoms with Crippen molar-refractivity contribution < 1.29 is 19.1 Å². The highest BCUT2D eigenvalue weighted by atomic mass is 16.6. The molecule has 0 saturated carbocycles. The van der Waals surface area contributed by atoms with Crippen LogP contribution in [-0.2, 0) is 0 Å². The van der Waals surface area contributed by atoms with Crippen molar-refractivity contribution in [2.24, 2.45) is 0 Å². The summed E-state index contributed by atoms with van der Waals surface area (Å²) in [4.78, 5) is 24.5. The third-order valence-electron chi connectivity index (χ3n) is 4.14. The first-order chi connectivity index (χ1) is 14.6. The predicted octanol–water partition coefficient (Wildman–Crippen LogP) is 5.10. The lowest BCUT2D eigenvalue weighted by atomic mass is 10.0. The third kappa shape index (κ3) is 5.33. The Balaban J connectivity index is 1.67. The van der Waals surface area contributed by atoms with Crippen molar-refractivity contribution in [3.63, 3.8) is 0 Å². The second-order valence-corrected chi connectivity index (χ2v) is 6.18. The fraction of sp³-hybridized carbons (Fsp3) is 0.0417. The summed E-state index contributed by atoms with van der Waals surface area (Å²) in [5.74, 6) is 0.573. The molecule has 1 amide bonds. The van der Waals surface area contributed by atoms with Gasteiger partial charge in [-0.1, -0.05) is 30.3 Å². The maximum atomic E-state index is 12.6. The zero-order chi connectivity index (χ0) is 21.3. The van der Waals surface area contributed by atoms with E-state index in [4.69, 9.17) is 9.47 Å². The molecule has 0 heterocycles. The molecule has 0 saturated heterocycles. The molecule has 6 heteroatoms. The minimum Gasteiger partial charge on any atom is -0.497 e. The second-order valence-electron chi connectivity index (χ2n) is 6.18. The number of ether oxygens (including phenoxy) is 2.